The van der Waals surface area contributed by atoms with Gasteiger partial charge in [0.25, 0.3) is 0 Å². The van der Waals surface area contributed by atoms with Crippen molar-refractivity contribution in [1.82, 2.24) is 14.8 Å². The molecule has 6 nitrogen and oxygen atoms in total. The molecule has 0 unspecified atom stereocenters. The lowest BCUT2D eigenvalue weighted by molar-refractivity contribution is 0.0701. The maximum atomic E-state index is 10.9. The lowest BCUT2D eigenvalue weighted by atomic mass is 10.2. The molecule has 0 amide bonds. The molecule has 0 radical (unpaired) electrons. The first-order valence-electron chi connectivity index (χ1n) is 5.41. The summed E-state index contributed by atoms with van der Waals surface area (Å²) >= 11 is 1.15. The molecule has 7 heteroatoms. The third-order valence-corrected chi connectivity index (χ3v) is 3.86. The van der Waals surface area contributed by atoms with Crippen molar-refractivity contribution in [3.05, 3.63) is 28.0 Å². The molecule has 0 saturated heterocycles. The molecule has 2 N–H and O–H groups in total. The largest absolute Gasteiger partial charge is 0.477 e. The highest BCUT2D eigenvalue weighted by molar-refractivity contribution is 7.17. The summed E-state index contributed by atoms with van der Waals surface area (Å²) in [4.78, 5) is 15.4. The summed E-state index contributed by atoms with van der Waals surface area (Å²) < 4.78 is 1.80. The highest BCUT2D eigenvalue weighted by atomic mass is 32.1. The van der Waals surface area contributed by atoms with E-state index in [1.165, 1.54) is 0 Å². The number of aromatic nitrogens is 3. The zero-order valence-electron chi connectivity index (χ0n) is 10.4. The number of aryl methyl sites for hydroxylation is 2. The predicted octanol–water partition coefficient (Wildman–Crippen LogP) is 1.80. The molecule has 0 aliphatic rings. The van der Waals surface area contributed by atoms with Gasteiger partial charge in [-0.1, -0.05) is 11.3 Å². The van der Waals surface area contributed by atoms with Crippen LogP contribution in [0.3, 0.4) is 0 Å². The van der Waals surface area contributed by atoms with E-state index in [1.54, 1.807) is 17.8 Å². The van der Waals surface area contributed by atoms with E-state index in [4.69, 9.17) is 5.11 Å². The molecule has 0 aromatic carbocycles. The molecule has 0 atom stereocenters. The van der Waals surface area contributed by atoms with Gasteiger partial charge in [0.05, 0.1) is 11.9 Å². The third kappa shape index (κ3) is 2.35. The Kier molecular flexibility index (Phi) is 3.33. The Morgan fingerprint density at radius 2 is 2.28 bits per heavy atom. The van der Waals surface area contributed by atoms with Crippen LogP contribution in [-0.4, -0.2) is 25.8 Å². The smallest absolute Gasteiger partial charge is 0.347 e. The number of carbonyl (C=O) groups is 1. The second-order valence-corrected chi connectivity index (χ2v) is 4.97. The molecule has 0 aliphatic carbocycles. The highest BCUT2D eigenvalue weighted by Gasteiger charge is 2.14. The molecule has 2 rings (SSSR count). The Balaban J connectivity index is 2.09. The van der Waals surface area contributed by atoms with Gasteiger partial charge in [0.2, 0.25) is 0 Å². The number of carboxylic acids is 1. The Labute approximate surface area is 108 Å². The van der Waals surface area contributed by atoms with Gasteiger partial charge in [-0.3, -0.25) is 4.68 Å². The van der Waals surface area contributed by atoms with Gasteiger partial charge in [-0.25, -0.2) is 9.78 Å². The number of nitrogens with one attached hydrogen (secondary N) is 1. The molecule has 0 spiro atoms. The van der Waals surface area contributed by atoms with Crippen LogP contribution in [0.2, 0.25) is 0 Å². The number of hydrogen-bond acceptors (Lipinski definition) is 5. The van der Waals surface area contributed by atoms with Gasteiger partial charge in [-0.2, -0.15) is 5.10 Å². The van der Waals surface area contributed by atoms with E-state index in [9.17, 15) is 4.79 Å². The summed E-state index contributed by atoms with van der Waals surface area (Å²) in [6.45, 7) is 4.27. The van der Waals surface area contributed by atoms with Gasteiger partial charge in [-0.05, 0) is 13.8 Å². The maximum Gasteiger partial charge on any atom is 0.347 e. The molecule has 2 aromatic heterocycles. The number of thiazole rings is 1. The van der Waals surface area contributed by atoms with Crippen LogP contribution in [0.1, 0.15) is 26.6 Å². The van der Waals surface area contributed by atoms with E-state index in [2.05, 4.69) is 15.4 Å². The summed E-state index contributed by atoms with van der Waals surface area (Å²) in [6, 6.07) is 0. The van der Waals surface area contributed by atoms with Gasteiger partial charge < -0.3 is 10.4 Å². The van der Waals surface area contributed by atoms with Crippen molar-refractivity contribution in [1.29, 1.82) is 0 Å². The quantitative estimate of drug-likeness (QED) is 0.882. The Bertz CT molecular complexity index is 588. The predicted molar refractivity (Wildman–Crippen MR) is 69.1 cm³/mol. The third-order valence-electron chi connectivity index (χ3n) is 2.76. The topological polar surface area (TPSA) is 80.0 Å². The van der Waals surface area contributed by atoms with Crippen LogP contribution in [0.15, 0.2) is 6.20 Å². The minimum atomic E-state index is -0.935. The van der Waals surface area contributed by atoms with Crippen molar-refractivity contribution >= 4 is 22.4 Å². The fourth-order valence-electron chi connectivity index (χ4n) is 1.56. The average molecular weight is 266 g/mol. The van der Waals surface area contributed by atoms with E-state index in [-0.39, 0.29) is 4.88 Å². The summed E-state index contributed by atoms with van der Waals surface area (Å²) in [5, 5.41) is 16.8. The van der Waals surface area contributed by atoms with Crippen LogP contribution >= 0.6 is 11.3 Å². The SMILES string of the molecule is Cc1nc(NCc2cnn(C)c2C)sc1C(=O)O. The first-order valence-corrected chi connectivity index (χ1v) is 6.22. The molecular formula is C11H14N4O2S. The van der Waals surface area contributed by atoms with Gasteiger partial charge in [0.15, 0.2) is 5.13 Å². The van der Waals surface area contributed by atoms with E-state index >= 15 is 0 Å². The molecule has 0 aliphatic heterocycles. The minimum Gasteiger partial charge on any atom is -0.477 e. The molecule has 96 valence electrons. The Hall–Kier alpha value is -1.89. The van der Waals surface area contributed by atoms with Crippen molar-refractivity contribution in [3.8, 4) is 0 Å². The minimum absolute atomic E-state index is 0.278. The van der Waals surface area contributed by atoms with E-state index in [1.807, 2.05) is 14.0 Å². The van der Waals surface area contributed by atoms with Crippen LogP contribution in [0, 0.1) is 13.8 Å². The molecule has 0 saturated carbocycles. The number of anilines is 1. The molecule has 0 fully saturated rings. The lowest BCUT2D eigenvalue weighted by Crippen LogP contribution is -2.01. The summed E-state index contributed by atoms with van der Waals surface area (Å²) in [6.07, 6.45) is 1.79. The molecular weight excluding hydrogens is 252 g/mol. The lowest BCUT2D eigenvalue weighted by Gasteiger charge is -2.01. The van der Waals surface area contributed by atoms with Crippen LogP contribution < -0.4 is 5.32 Å². The van der Waals surface area contributed by atoms with Crippen LogP contribution in [0.5, 0.6) is 0 Å². The zero-order valence-corrected chi connectivity index (χ0v) is 11.2. The Morgan fingerprint density at radius 3 is 2.78 bits per heavy atom. The van der Waals surface area contributed by atoms with E-state index in [0.29, 0.717) is 17.4 Å². The van der Waals surface area contributed by atoms with Gasteiger partial charge >= 0.3 is 5.97 Å². The molecule has 18 heavy (non-hydrogen) atoms. The van der Waals surface area contributed by atoms with Gasteiger partial charge in [0.1, 0.15) is 4.88 Å². The normalized spacial score (nSPS) is 10.6. The fraction of sp³-hybridized carbons (Fsp3) is 0.364. The van der Waals surface area contributed by atoms with Gasteiger partial charge in [0, 0.05) is 24.8 Å². The first-order chi connectivity index (χ1) is 8.49. The standard InChI is InChI=1S/C11H14N4O2S/c1-6-9(10(16)17)18-11(14-6)12-4-8-5-13-15(3)7(8)2/h5H,4H2,1-3H3,(H,12,14)(H,16,17). The number of nitrogens with zero attached hydrogens (tertiary/aromatic N) is 3. The molecule has 2 aromatic rings. The average Bonchev–Trinajstić information content (AvgIpc) is 2.82. The fourth-order valence-corrected chi connectivity index (χ4v) is 2.36. The number of rotatable bonds is 4. The summed E-state index contributed by atoms with van der Waals surface area (Å²) in [5.74, 6) is -0.935. The van der Waals surface area contributed by atoms with Crippen molar-refractivity contribution in [2.24, 2.45) is 7.05 Å². The number of aromatic carboxylic acids is 1. The second kappa shape index (κ2) is 4.77. The van der Waals surface area contributed by atoms with Crippen LogP contribution in [0.4, 0.5) is 5.13 Å². The van der Waals surface area contributed by atoms with E-state index in [0.717, 1.165) is 22.6 Å². The monoisotopic (exact) mass is 266 g/mol. The maximum absolute atomic E-state index is 10.9. The van der Waals surface area contributed by atoms with Crippen molar-refractivity contribution in [2.75, 3.05) is 5.32 Å². The Morgan fingerprint density at radius 1 is 1.56 bits per heavy atom. The summed E-state index contributed by atoms with van der Waals surface area (Å²) in [7, 11) is 1.88. The second-order valence-electron chi connectivity index (χ2n) is 3.97. The number of hydrogen-bond donors (Lipinski definition) is 2. The first kappa shape index (κ1) is 12.6. The van der Waals surface area contributed by atoms with Gasteiger partial charge in [-0.15, -0.1) is 0 Å². The van der Waals surface area contributed by atoms with Crippen LogP contribution in [0.25, 0.3) is 0 Å². The number of carboxylic acid groups (broad SMARTS) is 1. The van der Waals surface area contributed by atoms with Crippen molar-refractivity contribution in [3.63, 3.8) is 0 Å². The molecule has 2 heterocycles. The zero-order chi connectivity index (χ0) is 13.3. The highest BCUT2D eigenvalue weighted by Crippen LogP contribution is 2.23. The summed E-state index contributed by atoms with van der Waals surface area (Å²) in [5.41, 5.74) is 2.69. The van der Waals surface area contributed by atoms with Crippen LogP contribution in [-0.2, 0) is 13.6 Å². The van der Waals surface area contributed by atoms with Crippen molar-refractivity contribution in [2.45, 2.75) is 20.4 Å². The van der Waals surface area contributed by atoms with E-state index < -0.39 is 5.97 Å². The molecule has 0 bridgehead atoms. The van der Waals surface area contributed by atoms with Crippen molar-refractivity contribution < 1.29 is 9.90 Å².